The van der Waals surface area contributed by atoms with E-state index in [0.29, 0.717) is 0 Å². The van der Waals surface area contributed by atoms with Crippen molar-refractivity contribution in [3.05, 3.63) is 29.3 Å². The van der Waals surface area contributed by atoms with Gasteiger partial charge in [-0.1, -0.05) is 12.1 Å². The van der Waals surface area contributed by atoms with E-state index in [4.69, 9.17) is 4.74 Å². The van der Waals surface area contributed by atoms with Crippen molar-refractivity contribution in [2.45, 2.75) is 13.5 Å². The average molecular weight is 213 g/mol. The van der Waals surface area contributed by atoms with Gasteiger partial charge in [0.05, 0.1) is 7.11 Å². The minimum atomic E-state index is 0. The number of rotatable bonds is 3. The third-order valence-electron chi connectivity index (χ3n) is 2.06. The summed E-state index contributed by atoms with van der Waals surface area (Å²) in [5, 5.41) is 0. The fourth-order valence-corrected chi connectivity index (χ4v) is 1.39. The van der Waals surface area contributed by atoms with Gasteiger partial charge in [-0.2, -0.15) is 13.5 Å². The second kappa shape index (κ2) is 5.94. The number of nitrogens with zero attached hydrogens (tertiary/aromatic N) is 1. The van der Waals surface area contributed by atoms with E-state index in [9.17, 15) is 0 Å². The Balaban J connectivity index is 0.00000169. The van der Waals surface area contributed by atoms with Crippen LogP contribution in [0.1, 0.15) is 11.1 Å². The van der Waals surface area contributed by atoms with Gasteiger partial charge in [-0.15, -0.1) is 0 Å². The lowest BCUT2D eigenvalue weighted by atomic mass is 10.1. The molecule has 0 aliphatic rings. The highest BCUT2D eigenvalue weighted by Gasteiger charge is 2.05. The second-order valence-corrected chi connectivity index (χ2v) is 3.49. The summed E-state index contributed by atoms with van der Waals surface area (Å²) in [4.78, 5) is 2.14. The molecule has 0 heterocycles. The van der Waals surface area contributed by atoms with Gasteiger partial charge in [-0.05, 0) is 32.6 Å². The second-order valence-electron chi connectivity index (χ2n) is 3.49. The minimum absolute atomic E-state index is 0. The maximum Gasteiger partial charge on any atom is 0.123 e. The van der Waals surface area contributed by atoms with Crippen molar-refractivity contribution < 1.29 is 4.74 Å². The molecule has 0 radical (unpaired) electrons. The predicted molar refractivity (Wildman–Crippen MR) is 65.5 cm³/mol. The largest absolute Gasteiger partial charge is 0.496 e. The maximum atomic E-state index is 5.30. The third kappa shape index (κ3) is 3.24. The van der Waals surface area contributed by atoms with Crippen LogP contribution in [0.3, 0.4) is 0 Å². The first-order valence-electron chi connectivity index (χ1n) is 4.42. The molecule has 1 rings (SSSR count). The van der Waals surface area contributed by atoms with Crippen molar-refractivity contribution in [1.29, 1.82) is 0 Å². The normalized spacial score (nSPS) is 9.79. The quantitative estimate of drug-likeness (QED) is 0.763. The molecule has 0 N–H and O–H groups in total. The Kier molecular flexibility index (Phi) is 5.65. The number of ether oxygens (including phenoxy) is 1. The van der Waals surface area contributed by atoms with Gasteiger partial charge in [0.25, 0.3) is 0 Å². The van der Waals surface area contributed by atoms with Gasteiger partial charge in [0.2, 0.25) is 0 Å². The van der Waals surface area contributed by atoms with Crippen LogP contribution < -0.4 is 4.74 Å². The first-order valence-corrected chi connectivity index (χ1v) is 4.42. The van der Waals surface area contributed by atoms with Crippen molar-refractivity contribution in [3.63, 3.8) is 0 Å². The van der Waals surface area contributed by atoms with Gasteiger partial charge in [0.15, 0.2) is 0 Å². The van der Waals surface area contributed by atoms with Crippen LogP contribution in [0.15, 0.2) is 18.2 Å². The van der Waals surface area contributed by atoms with Gasteiger partial charge >= 0.3 is 0 Å². The molecule has 3 heteroatoms. The highest BCUT2D eigenvalue weighted by Crippen LogP contribution is 2.22. The molecule has 0 spiro atoms. The monoisotopic (exact) mass is 213 g/mol. The molecule has 1 aromatic rings. The summed E-state index contributed by atoms with van der Waals surface area (Å²) in [6.07, 6.45) is 0. The van der Waals surface area contributed by atoms with Crippen molar-refractivity contribution in [1.82, 2.24) is 4.90 Å². The van der Waals surface area contributed by atoms with Crippen molar-refractivity contribution >= 4 is 13.5 Å². The van der Waals surface area contributed by atoms with Gasteiger partial charge in [-0.25, -0.2) is 0 Å². The van der Waals surface area contributed by atoms with Crippen LogP contribution in [0.5, 0.6) is 5.75 Å². The molecule has 1 aromatic carbocycles. The average Bonchev–Trinajstić information content (AvgIpc) is 2.08. The van der Waals surface area contributed by atoms with Crippen molar-refractivity contribution in [2.75, 3.05) is 21.2 Å². The molecular weight excluding hydrogens is 194 g/mol. The van der Waals surface area contributed by atoms with Crippen LogP contribution in [0.25, 0.3) is 0 Å². The Hall–Kier alpha value is -0.670. The van der Waals surface area contributed by atoms with E-state index < -0.39 is 0 Å². The van der Waals surface area contributed by atoms with Crippen LogP contribution in [0.4, 0.5) is 0 Å². The molecule has 0 aliphatic carbocycles. The lowest BCUT2D eigenvalue weighted by Crippen LogP contribution is -2.12. The molecule has 0 amide bonds. The van der Waals surface area contributed by atoms with E-state index >= 15 is 0 Å². The topological polar surface area (TPSA) is 12.5 Å². The molecule has 0 atom stereocenters. The van der Waals surface area contributed by atoms with Gasteiger partial charge < -0.3 is 9.64 Å². The molecular formula is C11H19NOS. The Morgan fingerprint density at radius 1 is 1.29 bits per heavy atom. The van der Waals surface area contributed by atoms with E-state index in [2.05, 4.69) is 32.0 Å². The molecule has 0 bridgehead atoms. The van der Waals surface area contributed by atoms with E-state index in [1.54, 1.807) is 7.11 Å². The number of benzene rings is 1. The number of hydrogen-bond acceptors (Lipinski definition) is 2. The van der Waals surface area contributed by atoms with E-state index in [1.807, 2.05) is 12.1 Å². The van der Waals surface area contributed by atoms with Crippen LogP contribution in [-0.4, -0.2) is 26.1 Å². The lowest BCUT2D eigenvalue weighted by Gasteiger charge is -2.15. The summed E-state index contributed by atoms with van der Waals surface area (Å²) < 4.78 is 5.30. The summed E-state index contributed by atoms with van der Waals surface area (Å²) in [6.45, 7) is 3.04. The summed E-state index contributed by atoms with van der Waals surface area (Å²) in [7, 11) is 5.84. The van der Waals surface area contributed by atoms with Crippen LogP contribution in [0.2, 0.25) is 0 Å². The third-order valence-corrected chi connectivity index (χ3v) is 2.06. The van der Waals surface area contributed by atoms with Crippen LogP contribution >= 0.6 is 13.5 Å². The molecule has 0 saturated heterocycles. The zero-order valence-corrected chi connectivity index (χ0v) is 10.3. The minimum Gasteiger partial charge on any atom is -0.496 e. The lowest BCUT2D eigenvalue weighted by molar-refractivity contribution is 0.371. The summed E-state index contributed by atoms with van der Waals surface area (Å²) in [5.74, 6) is 0.980. The van der Waals surface area contributed by atoms with Crippen molar-refractivity contribution in [2.24, 2.45) is 0 Å². The Labute approximate surface area is 93.3 Å². The van der Waals surface area contributed by atoms with Gasteiger partial charge in [-0.3, -0.25) is 0 Å². The summed E-state index contributed by atoms with van der Waals surface area (Å²) in [5.41, 5.74) is 2.56. The number of aryl methyl sites for hydroxylation is 1. The number of hydrogen-bond donors (Lipinski definition) is 0. The first-order chi connectivity index (χ1) is 6.15. The standard InChI is InChI=1S/C11H17NO.H2S/c1-9-6-5-7-11(13-4)10(9)8-12(2)3;/h5-7H,8H2,1-4H3;1H2. The van der Waals surface area contributed by atoms with E-state index in [0.717, 1.165) is 12.3 Å². The SMILES string of the molecule is COc1cccc(C)c1CN(C)C.S. The molecule has 0 fully saturated rings. The molecule has 0 unspecified atom stereocenters. The van der Waals surface area contributed by atoms with Crippen LogP contribution in [0, 0.1) is 6.92 Å². The maximum absolute atomic E-state index is 5.30. The molecule has 80 valence electrons. The van der Waals surface area contributed by atoms with E-state index in [1.165, 1.54) is 11.1 Å². The Morgan fingerprint density at radius 2 is 1.93 bits per heavy atom. The Bertz CT molecular complexity index is 287. The van der Waals surface area contributed by atoms with Gasteiger partial charge in [0.1, 0.15) is 5.75 Å². The van der Waals surface area contributed by atoms with Crippen molar-refractivity contribution in [3.8, 4) is 5.75 Å². The highest BCUT2D eigenvalue weighted by atomic mass is 32.1. The molecule has 0 saturated carbocycles. The van der Waals surface area contributed by atoms with E-state index in [-0.39, 0.29) is 13.5 Å². The Morgan fingerprint density at radius 3 is 2.43 bits per heavy atom. The zero-order chi connectivity index (χ0) is 9.84. The molecule has 14 heavy (non-hydrogen) atoms. The molecule has 2 nitrogen and oxygen atoms in total. The fourth-order valence-electron chi connectivity index (χ4n) is 1.39. The first kappa shape index (κ1) is 13.3. The fraction of sp³-hybridized carbons (Fsp3) is 0.455. The highest BCUT2D eigenvalue weighted by molar-refractivity contribution is 7.59. The molecule has 0 aliphatic heterocycles. The van der Waals surface area contributed by atoms with Crippen LogP contribution in [-0.2, 0) is 6.54 Å². The summed E-state index contributed by atoms with van der Waals surface area (Å²) >= 11 is 0. The predicted octanol–water partition coefficient (Wildman–Crippen LogP) is 2.18. The molecule has 0 aromatic heterocycles. The summed E-state index contributed by atoms with van der Waals surface area (Å²) in [6, 6.07) is 6.14. The zero-order valence-electron chi connectivity index (χ0n) is 9.29. The smallest absolute Gasteiger partial charge is 0.123 e. The van der Waals surface area contributed by atoms with Gasteiger partial charge in [0, 0.05) is 12.1 Å². The number of methoxy groups -OCH3 is 1.